The molecule has 0 bridgehead atoms. The molecule has 0 atom stereocenters. The van der Waals surface area contributed by atoms with Gasteiger partial charge in [0.05, 0.1) is 6.61 Å². The molecule has 1 aliphatic rings. The minimum atomic E-state index is 0.769. The molecule has 1 aromatic rings. The van der Waals surface area contributed by atoms with E-state index in [9.17, 15) is 0 Å². The lowest BCUT2D eigenvalue weighted by Crippen LogP contribution is -2.46. The average Bonchev–Trinajstić information content (AvgIpc) is 2.32. The van der Waals surface area contributed by atoms with Gasteiger partial charge in [0.1, 0.15) is 0 Å². The van der Waals surface area contributed by atoms with E-state index in [1.807, 2.05) is 6.92 Å². The predicted molar refractivity (Wildman–Crippen MR) is 61.9 cm³/mol. The smallest absolute Gasteiger partial charge is 0.0656 e. The summed E-state index contributed by atoms with van der Waals surface area (Å²) in [4.78, 5) is 7.87. The van der Waals surface area contributed by atoms with E-state index in [1.54, 1.807) is 0 Å². The van der Waals surface area contributed by atoms with Crippen molar-refractivity contribution in [1.29, 1.82) is 0 Å². The molecule has 0 spiro atoms. The summed E-state index contributed by atoms with van der Waals surface area (Å²) in [6.07, 6.45) is 0. The molecular formula is C12H18N2O. The molecule has 82 valence electrons. The van der Waals surface area contributed by atoms with Crippen molar-refractivity contribution in [2.45, 2.75) is 6.92 Å². The monoisotopic (exact) mass is 206 g/mol. The Kier molecular flexibility index (Phi) is 3.59. The van der Waals surface area contributed by atoms with Crippen LogP contribution in [0.15, 0.2) is 30.3 Å². The fraction of sp³-hybridized carbons (Fsp3) is 0.500. The van der Waals surface area contributed by atoms with Crippen LogP contribution in [0.25, 0.3) is 0 Å². The predicted octanol–water partition coefficient (Wildman–Crippen LogP) is 1.76. The topological polar surface area (TPSA) is 15.7 Å². The van der Waals surface area contributed by atoms with Gasteiger partial charge in [0.25, 0.3) is 0 Å². The largest absolute Gasteiger partial charge is 0.369 e. The number of benzene rings is 1. The zero-order valence-electron chi connectivity index (χ0n) is 9.22. The standard InChI is InChI=1S/C12H18N2O/c1-2-15-14-10-8-13(9-11-14)12-6-4-3-5-7-12/h3-7H,2,8-11H2,1H3. The Balaban J connectivity index is 1.88. The first-order valence-corrected chi connectivity index (χ1v) is 5.58. The first-order valence-electron chi connectivity index (χ1n) is 5.58. The van der Waals surface area contributed by atoms with Gasteiger partial charge in [-0.3, -0.25) is 4.84 Å². The summed E-state index contributed by atoms with van der Waals surface area (Å²) in [7, 11) is 0. The molecule has 3 heteroatoms. The van der Waals surface area contributed by atoms with Crippen LogP contribution >= 0.6 is 0 Å². The van der Waals surface area contributed by atoms with Crippen molar-refractivity contribution in [2.24, 2.45) is 0 Å². The highest BCUT2D eigenvalue weighted by Crippen LogP contribution is 2.15. The minimum Gasteiger partial charge on any atom is -0.369 e. The number of nitrogens with zero attached hydrogens (tertiary/aromatic N) is 2. The van der Waals surface area contributed by atoms with Crippen molar-refractivity contribution < 1.29 is 4.84 Å². The van der Waals surface area contributed by atoms with E-state index in [1.165, 1.54) is 5.69 Å². The molecule has 0 N–H and O–H groups in total. The van der Waals surface area contributed by atoms with Crippen LogP contribution in [0.2, 0.25) is 0 Å². The zero-order valence-corrected chi connectivity index (χ0v) is 9.22. The molecule has 1 aliphatic heterocycles. The van der Waals surface area contributed by atoms with E-state index in [0.29, 0.717) is 0 Å². The second kappa shape index (κ2) is 5.14. The SMILES string of the molecule is CCON1CCN(c2ccccc2)CC1. The number of hydrogen-bond donors (Lipinski definition) is 0. The van der Waals surface area contributed by atoms with Crippen molar-refractivity contribution in [3.8, 4) is 0 Å². The minimum absolute atomic E-state index is 0.769. The van der Waals surface area contributed by atoms with Gasteiger partial charge in [-0.1, -0.05) is 18.2 Å². The van der Waals surface area contributed by atoms with Crippen LogP contribution in [0.5, 0.6) is 0 Å². The van der Waals surface area contributed by atoms with Crippen molar-refractivity contribution in [1.82, 2.24) is 5.06 Å². The van der Waals surface area contributed by atoms with Crippen LogP contribution in [0.1, 0.15) is 6.92 Å². The van der Waals surface area contributed by atoms with Gasteiger partial charge in [0.2, 0.25) is 0 Å². The Labute approximate surface area is 91.2 Å². The fourth-order valence-corrected chi connectivity index (χ4v) is 1.90. The number of anilines is 1. The molecule has 0 radical (unpaired) electrons. The number of hydrogen-bond acceptors (Lipinski definition) is 3. The molecule has 1 heterocycles. The summed E-state index contributed by atoms with van der Waals surface area (Å²) in [6, 6.07) is 10.6. The maximum absolute atomic E-state index is 5.47. The fourth-order valence-electron chi connectivity index (χ4n) is 1.90. The molecular weight excluding hydrogens is 188 g/mol. The van der Waals surface area contributed by atoms with E-state index in [-0.39, 0.29) is 0 Å². The van der Waals surface area contributed by atoms with E-state index >= 15 is 0 Å². The van der Waals surface area contributed by atoms with Crippen LogP contribution in [0.3, 0.4) is 0 Å². The van der Waals surface area contributed by atoms with Gasteiger partial charge in [-0.15, -0.1) is 0 Å². The summed E-state index contributed by atoms with van der Waals surface area (Å²) in [5.41, 5.74) is 1.31. The van der Waals surface area contributed by atoms with Gasteiger partial charge in [-0.05, 0) is 19.1 Å². The molecule has 2 rings (SSSR count). The lowest BCUT2D eigenvalue weighted by atomic mass is 10.2. The van der Waals surface area contributed by atoms with Crippen molar-refractivity contribution >= 4 is 5.69 Å². The Hall–Kier alpha value is -1.06. The van der Waals surface area contributed by atoms with Crippen molar-refractivity contribution in [2.75, 3.05) is 37.7 Å². The van der Waals surface area contributed by atoms with Crippen LogP contribution < -0.4 is 4.90 Å². The number of para-hydroxylation sites is 1. The summed E-state index contributed by atoms with van der Waals surface area (Å²) >= 11 is 0. The quantitative estimate of drug-likeness (QED) is 0.749. The van der Waals surface area contributed by atoms with Crippen LogP contribution in [-0.4, -0.2) is 37.8 Å². The highest BCUT2D eigenvalue weighted by Gasteiger charge is 2.16. The number of hydroxylamine groups is 2. The van der Waals surface area contributed by atoms with Gasteiger partial charge >= 0.3 is 0 Å². The average molecular weight is 206 g/mol. The zero-order chi connectivity index (χ0) is 10.5. The molecule has 1 fully saturated rings. The lowest BCUT2D eigenvalue weighted by Gasteiger charge is -2.35. The molecule has 0 unspecified atom stereocenters. The number of rotatable bonds is 3. The van der Waals surface area contributed by atoms with Crippen molar-refractivity contribution in [3.63, 3.8) is 0 Å². The summed E-state index contributed by atoms with van der Waals surface area (Å²) in [6.45, 7) is 6.87. The van der Waals surface area contributed by atoms with E-state index < -0.39 is 0 Å². The van der Waals surface area contributed by atoms with Gasteiger partial charge in [0, 0.05) is 31.9 Å². The lowest BCUT2D eigenvalue weighted by molar-refractivity contribution is -0.156. The Bertz CT molecular complexity index is 281. The maximum Gasteiger partial charge on any atom is 0.0656 e. The molecule has 15 heavy (non-hydrogen) atoms. The highest BCUT2D eigenvalue weighted by atomic mass is 16.7. The Morgan fingerprint density at radius 3 is 2.33 bits per heavy atom. The second-order valence-corrected chi connectivity index (χ2v) is 3.67. The summed E-state index contributed by atoms with van der Waals surface area (Å²) in [5, 5.41) is 2.06. The van der Waals surface area contributed by atoms with Crippen LogP contribution in [-0.2, 0) is 4.84 Å². The third kappa shape index (κ3) is 2.70. The second-order valence-electron chi connectivity index (χ2n) is 3.67. The third-order valence-electron chi connectivity index (χ3n) is 2.67. The normalized spacial score (nSPS) is 18.1. The molecule has 1 aromatic carbocycles. The summed E-state index contributed by atoms with van der Waals surface area (Å²) < 4.78 is 0. The van der Waals surface area contributed by atoms with Gasteiger partial charge < -0.3 is 4.90 Å². The van der Waals surface area contributed by atoms with Gasteiger partial charge in [0.15, 0.2) is 0 Å². The van der Waals surface area contributed by atoms with Crippen LogP contribution in [0.4, 0.5) is 5.69 Å². The van der Waals surface area contributed by atoms with E-state index in [2.05, 4.69) is 40.3 Å². The van der Waals surface area contributed by atoms with Crippen LogP contribution in [0, 0.1) is 0 Å². The van der Waals surface area contributed by atoms with E-state index in [4.69, 9.17) is 4.84 Å². The Morgan fingerprint density at radius 1 is 1.07 bits per heavy atom. The molecule has 0 aromatic heterocycles. The van der Waals surface area contributed by atoms with Crippen molar-refractivity contribution in [3.05, 3.63) is 30.3 Å². The van der Waals surface area contributed by atoms with Gasteiger partial charge in [-0.2, -0.15) is 5.06 Å². The van der Waals surface area contributed by atoms with Gasteiger partial charge in [-0.25, -0.2) is 0 Å². The number of piperazine rings is 1. The molecule has 0 amide bonds. The highest BCUT2D eigenvalue weighted by molar-refractivity contribution is 5.46. The molecule has 1 saturated heterocycles. The third-order valence-corrected chi connectivity index (χ3v) is 2.67. The molecule has 0 saturated carbocycles. The summed E-state index contributed by atoms with van der Waals surface area (Å²) in [5.74, 6) is 0. The molecule has 3 nitrogen and oxygen atoms in total. The maximum atomic E-state index is 5.47. The first kappa shape index (κ1) is 10.5. The first-order chi connectivity index (χ1) is 7.40. The van der Waals surface area contributed by atoms with E-state index in [0.717, 1.165) is 32.8 Å². The molecule has 0 aliphatic carbocycles. The Morgan fingerprint density at radius 2 is 1.73 bits per heavy atom.